The Hall–Kier alpha value is -1.60. The first-order valence-electron chi connectivity index (χ1n) is 9.45. The van der Waals surface area contributed by atoms with Crippen molar-refractivity contribution in [3.05, 3.63) is 18.0 Å². The number of rotatable bonds is 6. The summed E-state index contributed by atoms with van der Waals surface area (Å²) in [6.45, 7) is 0.600. The number of nitrogens with zero attached hydrogens (tertiary/aromatic N) is 2. The molecule has 1 aromatic rings. The molecular formula is C18H30ClN5O2. The van der Waals surface area contributed by atoms with Crippen molar-refractivity contribution in [2.75, 3.05) is 6.54 Å². The Labute approximate surface area is 160 Å². The number of carbonyl (C=O) groups excluding carboxylic acids is 2. The summed E-state index contributed by atoms with van der Waals surface area (Å²) in [4.78, 5) is 24.6. The van der Waals surface area contributed by atoms with Crippen LogP contribution in [-0.2, 0) is 11.3 Å². The van der Waals surface area contributed by atoms with Crippen molar-refractivity contribution in [3.8, 4) is 0 Å². The van der Waals surface area contributed by atoms with Gasteiger partial charge in [-0.15, -0.1) is 12.4 Å². The quantitative estimate of drug-likeness (QED) is 0.696. The predicted octanol–water partition coefficient (Wildman–Crippen LogP) is 1.76. The van der Waals surface area contributed by atoms with E-state index < -0.39 is 0 Å². The third-order valence-electron chi connectivity index (χ3n) is 5.50. The summed E-state index contributed by atoms with van der Waals surface area (Å²) in [5.74, 6) is -0.206. The van der Waals surface area contributed by atoms with Crippen molar-refractivity contribution in [1.29, 1.82) is 0 Å². The molecule has 8 heteroatoms. The zero-order valence-electron chi connectivity index (χ0n) is 15.2. The van der Waals surface area contributed by atoms with Gasteiger partial charge in [0.15, 0.2) is 0 Å². The van der Waals surface area contributed by atoms with E-state index in [0.29, 0.717) is 12.1 Å². The monoisotopic (exact) mass is 383 g/mol. The minimum atomic E-state index is -0.280. The van der Waals surface area contributed by atoms with E-state index in [-0.39, 0.29) is 42.3 Å². The van der Waals surface area contributed by atoms with E-state index in [0.717, 1.165) is 38.5 Å². The fourth-order valence-corrected chi connectivity index (χ4v) is 3.98. The Morgan fingerprint density at radius 2 is 1.88 bits per heavy atom. The van der Waals surface area contributed by atoms with Crippen LogP contribution in [0.1, 0.15) is 68.1 Å². The van der Waals surface area contributed by atoms with E-state index in [1.807, 2.05) is 0 Å². The number of amides is 2. The van der Waals surface area contributed by atoms with Crippen molar-refractivity contribution in [2.24, 2.45) is 5.73 Å². The van der Waals surface area contributed by atoms with Gasteiger partial charge in [-0.05, 0) is 25.7 Å². The maximum Gasteiger partial charge on any atom is 0.254 e. The van der Waals surface area contributed by atoms with E-state index in [4.69, 9.17) is 5.73 Å². The third-order valence-corrected chi connectivity index (χ3v) is 5.50. The van der Waals surface area contributed by atoms with Crippen LogP contribution >= 0.6 is 12.4 Å². The summed E-state index contributed by atoms with van der Waals surface area (Å²) in [6, 6.07) is 0.284. The molecule has 0 radical (unpaired) electrons. The van der Waals surface area contributed by atoms with Gasteiger partial charge in [-0.25, -0.2) is 0 Å². The molecule has 1 heterocycles. The molecule has 4 N–H and O–H groups in total. The van der Waals surface area contributed by atoms with Gasteiger partial charge in [0, 0.05) is 18.8 Å². The van der Waals surface area contributed by atoms with Crippen LogP contribution in [0.15, 0.2) is 12.4 Å². The summed E-state index contributed by atoms with van der Waals surface area (Å²) < 4.78 is 1.52. The molecule has 0 saturated heterocycles. The van der Waals surface area contributed by atoms with Crippen LogP contribution in [0.3, 0.4) is 0 Å². The van der Waals surface area contributed by atoms with Gasteiger partial charge in [0.1, 0.15) is 6.54 Å². The topological polar surface area (TPSA) is 102 Å². The van der Waals surface area contributed by atoms with Gasteiger partial charge in [0.25, 0.3) is 5.91 Å². The first-order chi connectivity index (χ1) is 12.1. The SMILES string of the molecule is Cl.NCC1(NC(=O)c2cnn(CC(=O)NC3CCCCC3)c2)CCCC1. The second-order valence-corrected chi connectivity index (χ2v) is 7.47. The highest BCUT2D eigenvalue weighted by atomic mass is 35.5. The Morgan fingerprint density at radius 1 is 1.19 bits per heavy atom. The summed E-state index contributed by atoms with van der Waals surface area (Å²) >= 11 is 0. The van der Waals surface area contributed by atoms with E-state index >= 15 is 0 Å². The van der Waals surface area contributed by atoms with Gasteiger partial charge in [-0.1, -0.05) is 32.1 Å². The Bertz CT molecular complexity index is 606. The van der Waals surface area contributed by atoms with Gasteiger partial charge in [0.05, 0.1) is 17.3 Å². The van der Waals surface area contributed by atoms with E-state index in [9.17, 15) is 9.59 Å². The van der Waals surface area contributed by atoms with Gasteiger partial charge < -0.3 is 16.4 Å². The lowest BCUT2D eigenvalue weighted by Gasteiger charge is -2.28. The van der Waals surface area contributed by atoms with Crippen LogP contribution in [-0.4, -0.2) is 39.7 Å². The first kappa shape index (κ1) is 20.7. The van der Waals surface area contributed by atoms with Gasteiger partial charge in [-0.3, -0.25) is 14.3 Å². The van der Waals surface area contributed by atoms with Crippen molar-refractivity contribution in [2.45, 2.75) is 75.9 Å². The first-order valence-corrected chi connectivity index (χ1v) is 9.45. The second-order valence-electron chi connectivity index (χ2n) is 7.47. The average Bonchev–Trinajstić information content (AvgIpc) is 3.26. The number of hydrogen-bond donors (Lipinski definition) is 3. The largest absolute Gasteiger partial charge is 0.352 e. The van der Waals surface area contributed by atoms with Crippen molar-refractivity contribution in [1.82, 2.24) is 20.4 Å². The molecule has 2 aliphatic carbocycles. The standard InChI is InChI=1S/C18H29N5O2.ClH/c19-13-18(8-4-5-9-18)22-17(25)14-10-20-23(11-14)12-16(24)21-15-6-2-1-3-7-15;/h10-11,15H,1-9,12-13,19H2,(H,21,24)(H,22,25);1H. The molecule has 0 atom stereocenters. The highest BCUT2D eigenvalue weighted by Gasteiger charge is 2.34. The minimum absolute atomic E-state index is 0. The average molecular weight is 384 g/mol. The number of nitrogens with one attached hydrogen (secondary N) is 2. The zero-order valence-corrected chi connectivity index (χ0v) is 16.0. The predicted molar refractivity (Wildman–Crippen MR) is 102 cm³/mol. The normalized spacial score (nSPS) is 19.6. The molecule has 0 bridgehead atoms. The third kappa shape index (κ3) is 5.20. The van der Waals surface area contributed by atoms with Crippen LogP contribution in [0, 0.1) is 0 Å². The summed E-state index contributed by atoms with van der Waals surface area (Å²) in [5, 5.41) is 10.3. The van der Waals surface area contributed by atoms with Gasteiger partial charge in [-0.2, -0.15) is 5.10 Å². The highest BCUT2D eigenvalue weighted by molar-refractivity contribution is 5.94. The summed E-state index contributed by atoms with van der Waals surface area (Å²) in [5.41, 5.74) is 6.06. The van der Waals surface area contributed by atoms with E-state index in [2.05, 4.69) is 15.7 Å². The summed E-state index contributed by atoms with van der Waals surface area (Å²) in [7, 11) is 0. The molecule has 2 fully saturated rings. The molecule has 26 heavy (non-hydrogen) atoms. The van der Waals surface area contributed by atoms with Crippen LogP contribution in [0.4, 0.5) is 0 Å². The molecular weight excluding hydrogens is 354 g/mol. The van der Waals surface area contributed by atoms with Gasteiger partial charge in [0.2, 0.25) is 5.91 Å². The fourth-order valence-electron chi connectivity index (χ4n) is 3.98. The number of carbonyl (C=O) groups is 2. The molecule has 3 rings (SSSR count). The zero-order chi connectivity index (χ0) is 17.7. The lowest BCUT2D eigenvalue weighted by atomic mass is 9.95. The molecule has 0 aromatic carbocycles. The molecule has 2 aliphatic rings. The smallest absolute Gasteiger partial charge is 0.254 e. The Balaban J connectivity index is 0.00000243. The molecule has 7 nitrogen and oxygen atoms in total. The maximum absolute atomic E-state index is 12.5. The molecule has 146 valence electrons. The number of hydrogen-bond acceptors (Lipinski definition) is 4. The minimum Gasteiger partial charge on any atom is -0.352 e. The van der Waals surface area contributed by atoms with Crippen molar-refractivity contribution >= 4 is 24.2 Å². The second kappa shape index (κ2) is 9.37. The lowest BCUT2D eigenvalue weighted by molar-refractivity contribution is -0.122. The number of aromatic nitrogens is 2. The molecule has 0 unspecified atom stereocenters. The van der Waals surface area contributed by atoms with E-state index in [1.54, 1.807) is 6.20 Å². The fraction of sp³-hybridized carbons (Fsp3) is 0.722. The lowest BCUT2D eigenvalue weighted by Crippen LogP contribution is -2.51. The maximum atomic E-state index is 12.5. The van der Waals surface area contributed by atoms with Crippen LogP contribution in [0.5, 0.6) is 0 Å². The Morgan fingerprint density at radius 3 is 2.54 bits per heavy atom. The number of halogens is 1. The molecule has 2 saturated carbocycles. The summed E-state index contributed by atoms with van der Waals surface area (Å²) in [6.07, 6.45) is 12.9. The van der Waals surface area contributed by atoms with Crippen LogP contribution in [0.25, 0.3) is 0 Å². The van der Waals surface area contributed by atoms with Crippen LogP contribution in [0.2, 0.25) is 0 Å². The van der Waals surface area contributed by atoms with Crippen molar-refractivity contribution < 1.29 is 9.59 Å². The highest BCUT2D eigenvalue weighted by Crippen LogP contribution is 2.28. The molecule has 0 spiro atoms. The van der Waals surface area contributed by atoms with E-state index in [1.165, 1.54) is 30.1 Å². The van der Waals surface area contributed by atoms with Gasteiger partial charge >= 0.3 is 0 Å². The molecule has 0 aliphatic heterocycles. The van der Waals surface area contributed by atoms with Crippen molar-refractivity contribution in [3.63, 3.8) is 0 Å². The number of nitrogens with two attached hydrogens (primary N) is 1. The Kier molecular flexibility index (Phi) is 7.46. The molecule has 1 aromatic heterocycles. The molecule has 2 amide bonds. The van der Waals surface area contributed by atoms with Crippen LogP contribution < -0.4 is 16.4 Å².